The van der Waals surface area contributed by atoms with Crippen LogP contribution in [0, 0.1) is 5.41 Å². The van der Waals surface area contributed by atoms with Gasteiger partial charge in [0, 0.05) is 6.61 Å². The minimum atomic E-state index is -1.85. The Labute approximate surface area is 196 Å². The lowest BCUT2D eigenvalue weighted by molar-refractivity contribution is 0.0896. The van der Waals surface area contributed by atoms with Gasteiger partial charge in [-0.2, -0.15) is 0 Å². The molecule has 0 aliphatic heterocycles. The second kappa shape index (κ2) is 12.1. The van der Waals surface area contributed by atoms with Crippen molar-refractivity contribution in [1.82, 2.24) is 0 Å². The van der Waals surface area contributed by atoms with Crippen LogP contribution in [0.15, 0.2) is 84.9 Å². The van der Waals surface area contributed by atoms with Crippen LogP contribution in [0.5, 0.6) is 0 Å². The molecule has 0 radical (unpaired) electrons. The highest BCUT2D eigenvalue weighted by Gasteiger charge is 2.31. The number of rotatable bonds is 11. The van der Waals surface area contributed by atoms with Gasteiger partial charge in [-0.25, -0.2) is 0 Å². The van der Waals surface area contributed by atoms with Gasteiger partial charge in [0.2, 0.25) is 9.04 Å². The van der Waals surface area contributed by atoms with Crippen molar-refractivity contribution in [2.75, 3.05) is 6.61 Å². The van der Waals surface area contributed by atoms with Crippen molar-refractivity contribution in [2.45, 2.75) is 59.0 Å². The standard InChI is InChI=1S/C29H38O2Si/c1-29(2,3)28(25-17-14-16-24(23-25)15-8-4-5-13-22-30)31-32(26-18-9-6-10-19-26)27-20-11-7-12-21-27/h6-7,9-12,14,16-21,23,28,30,32H,4-5,8,13,15,22H2,1-3H3. The van der Waals surface area contributed by atoms with E-state index in [4.69, 9.17) is 9.53 Å². The average Bonchev–Trinajstić information content (AvgIpc) is 2.80. The minimum Gasteiger partial charge on any atom is -0.403 e. The van der Waals surface area contributed by atoms with Gasteiger partial charge in [-0.1, -0.05) is 119 Å². The Bertz CT molecular complexity index is 879. The number of benzene rings is 3. The zero-order chi connectivity index (χ0) is 22.8. The van der Waals surface area contributed by atoms with E-state index in [0.29, 0.717) is 6.61 Å². The smallest absolute Gasteiger partial charge is 0.240 e. The molecule has 2 nitrogen and oxygen atoms in total. The molecular formula is C29H38O2Si. The fourth-order valence-electron chi connectivity index (χ4n) is 4.23. The molecular weight excluding hydrogens is 408 g/mol. The molecule has 3 aromatic carbocycles. The number of aliphatic hydroxyl groups excluding tert-OH is 1. The van der Waals surface area contributed by atoms with Gasteiger partial charge in [0.1, 0.15) is 0 Å². The van der Waals surface area contributed by atoms with Crippen LogP contribution in [0.4, 0.5) is 0 Å². The summed E-state index contributed by atoms with van der Waals surface area (Å²) in [6.45, 7) is 7.13. The number of aryl methyl sites for hydroxylation is 1. The normalized spacial score (nSPS) is 12.8. The Morgan fingerprint density at radius 3 is 1.91 bits per heavy atom. The van der Waals surface area contributed by atoms with E-state index in [1.54, 1.807) is 0 Å². The Balaban J connectivity index is 1.85. The monoisotopic (exact) mass is 446 g/mol. The summed E-state index contributed by atoms with van der Waals surface area (Å²) in [5.41, 5.74) is 2.63. The van der Waals surface area contributed by atoms with E-state index >= 15 is 0 Å². The molecule has 0 saturated carbocycles. The first kappa shape index (κ1) is 24.4. The minimum absolute atomic E-state index is 0.0193. The van der Waals surface area contributed by atoms with Crippen molar-refractivity contribution in [3.63, 3.8) is 0 Å². The number of unbranched alkanes of at least 4 members (excludes halogenated alkanes) is 3. The number of hydrogen-bond acceptors (Lipinski definition) is 2. The molecule has 0 amide bonds. The highest BCUT2D eigenvalue weighted by atomic mass is 28.3. The van der Waals surface area contributed by atoms with Crippen LogP contribution in [-0.2, 0) is 10.8 Å². The van der Waals surface area contributed by atoms with Gasteiger partial charge in [-0.3, -0.25) is 0 Å². The van der Waals surface area contributed by atoms with Gasteiger partial charge in [-0.05, 0) is 46.2 Å². The predicted octanol–water partition coefficient (Wildman–Crippen LogP) is 5.42. The van der Waals surface area contributed by atoms with Gasteiger partial charge in [0.15, 0.2) is 0 Å². The maximum Gasteiger partial charge on any atom is 0.240 e. The van der Waals surface area contributed by atoms with Gasteiger partial charge in [0.25, 0.3) is 0 Å². The maximum atomic E-state index is 8.98. The second-order valence-electron chi connectivity index (χ2n) is 9.72. The molecule has 0 bridgehead atoms. The Morgan fingerprint density at radius 1 is 0.750 bits per heavy atom. The first-order valence-corrected chi connectivity index (χ1v) is 13.6. The van der Waals surface area contributed by atoms with Gasteiger partial charge in [-0.15, -0.1) is 0 Å². The molecule has 170 valence electrons. The lowest BCUT2D eigenvalue weighted by Gasteiger charge is -2.35. The molecule has 0 spiro atoms. The van der Waals surface area contributed by atoms with Gasteiger partial charge >= 0.3 is 0 Å². The zero-order valence-electron chi connectivity index (χ0n) is 19.8. The van der Waals surface area contributed by atoms with Crippen molar-refractivity contribution in [1.29, 1.82) is 0 Å². The lowest BCUT2D eigenvalue weighted by atomic mass is 9.84. The van der Waals surface area contributed by atoms with E-state index in [-0.39, 0.29) is 11.5 Å². The Kier molecular flexibility index (Phi) is 9.28. The maximum absolute atomic E-state index is 8.98. The summed E-state index contributed by atoms with van der Waals surface area (Å²) >= 11 is 0. The molecule has 1 atom stereocenters. The number of aliphatic hydroxyl groups is 1. The Morgan fingerprint density at radius 2 is 1.34 bits per heavy atom. The van der Waals surface area contributed by atoms with E-state index in [1.807, 2.05) is 0 Å². The van der Waals surface area contributed by atoms with Crippen LogP contribution in [0.25, 0.3) is 0 Å². The fraction of sp³-hybridized carbons (Fsp3) is 0.379. The summed E-state index contributed by atoms with van der Waals surface area (Å²) in [5, 5.41) is 11.6. The van der Waals surface area contributed by atoms with E-state index in [0.717, 1.165) is 25.7 Å². The molecule has 1 unspecified atom stereocenters. The third-order valence-electron chi connectivity index (χ3n) is 5.89. The van der Waals surface area contributed by atoms with Gasteiger partial charge < -0.3 is 9.53 Å². The van der Waals surface area contributed by atoms with Crippen LogP contribution in [0.2, 0.25) is 0 Å². The van der Waals surface area contributed by atoms with Gasteiger partial charge in [0.05, 0.1) is 6.10 Å². The highest BCUT2D eigenvalue weighted by Crippen LogP contribution is 2.37. The van der Waals surface area contributed by atoms with E-state index in [1.165, 1.54) is 27.9 Å². The summed E-state index contributed by atoms with van der Waals surface area (Å²) in [4.78, 5) is 0. The van der Waals surface area contributed by atoms with Crippen LogP contribution < -0.4 is 10.4 Å². The summed E-state index contributed by atoms with van der Waals surface area (Å²) < 4.78 is 7.10. The molecule has 0 aromatic heterocycles. The first-order valence-electron chi connectivity index (χ1n) is 11.9. The third-order valence-corrected chi connectivity index (χ3v) is 8.42. The van der Waals surface area contributed by atoms with Crippen molar-refractivity contribution in [3.05, 3.63) is 96.1 Å². The molecule has 32 heavy (non-hydrogen) atoms. The van der Waals surface area contributed by atoms with E-state index < -0.39 is 9.04 Å². The molecule has 1 N–H and O–H groups in total. The topological polar surface area (TPSA) is 29.5 Å². The molecule has 0 heterocycles. The molecule has 3 aromatic rings. The van der Waals surface area contributed by atoms with E-state index in [2.05, 4.69) is 106 Å². The predicted molar refractivity (Wildman–Crippen MR) is 138 cm³/mol. The van der Waals surface area contributed by atoms with E-state index in [9.17, 15) is 0 Å². The van der Waals surface area contributed by atoms with Crippen LogP contribution in [-0.4, -0.2) is 20.8 Å². The second-order valence-corrected chi connectivity index (χ2v) is 12.1. The highest BCUT2D eigenvalue weighted by molar-refractivity contribution is 6.80. The SMILES string of the molecule is CC(C)(C)C(O[SiH](c1ccccc1)c1ccccc1)c1cccc(CCCCCCO)c1. The summed E-state index contributed by atoms with van der Waals surface area (Å²) in [6.07, 6.45) is 5.44. The van der Waals surface area contributed by atoms with Crippen molar-refractivity contribution in [3.8, 4) is 0 Å². The van der Waals surface area contributed by atoms with Crippen molar-refractivity contribution in [2.24, 2.45) is 5.41 Å². The average molecular weight is 447 g/mol. The molecule has 0 aliphatic carbocycles. The summed E-state index contributed by atoms with van der Waals surface area (Å²) in [6, 6.07) is 30.5. The summed E-state index contributed by atoms with van der Waals surface area (Å²) in [5.74, 6) is 0. The molecule has 0 fully saturated rings. The van der Waals surface area contributed by atoms with Crippen LogP contribution in [0.1, 0.15) is 63.7 Å². The molecule has 3 heteroatoms. The van der Waals surface area contributed by atoms with Crippen LogP contribution >= 0.6 is 0 Å². The third kappa shape index (κ3) is 7.16. The number of hydrogen-bond donors (Lipinski definition) is 1. The molecule has 3 rings (SSSR count). The van der Waals surface area contributed by atoms with Crippen LogP contribution in [0.3, 0.4) is 0 Å². The quantitative estimate of drug-likeness (QED) is 0.315. The zero-order valence-corrected chi connectivity index (χ0v) is 21.0. The molecule has 0 saturated heterocycles. The molecule has 0 aliphatic rings. The Hall–Kier alpha value is -2.20. The lowest BCUT2D eigenvalue weighted by Crippen LogP contribution is -2.47. The van der Waals surface area contributed by atoms with Crippen molar-refractivity contribution >= 4 is 19.4 Å². The fourth-order valence-corrected chi connectivity index (χ4v) is 6.91. The van der Waals surface area contributed by atoms with Crippen molar-refractivity contribution < 1.29 is 9.53 Å². The first-order chi connectivity index (χ1) is 15.5. The summed E-state index contributed by atoms with van der Waals surface area (Å²) in [7, 11) is -1.85. The largest absolute Gasteiger partial charge is 0.403 e.